The van der Waals surface area contributed by atoms with Crippen molar-refractivity contribution in [3.05, 3.63) is 11.5 Å². The van der Waals surface area contributed by atoms with Gasteiger partial charge in [0.05, 0.1) is 6.42 Å². The van der Waals surface area contributed by atoms with Gasteiger partial charge in [-0.15, -0.1) is 0 Å². The number of primary amides is 1. The van der Waals surface area contributed by atoms with Crippen LogP contribution < -0.4 is 15.8 Å². The largest absolute Gasteiger partial charge is 0.481 e. The highest BCUT2D eigenvalue weighted by Crippen LogP contribution is 2.24. The zero-order chi connectivity index (χ0) is 24.2. The normalized spacial score (nSPS) is 19.9. The Morgan fingerprint density at radius 2 is 1.94 bits per heavy atom. The van der Waals surface area contributed by atoms with E-state index >= 15 is 0 Å². The number of nitrogens with two attached hydrogens (primary N) is 1. The second kappa shape index (κ2) is 10.1. The number of carboxylic acids is 1. The van der Waals surface area contributed by atoms with Crippen LogP contribution in [0.5, 0.6) is 0 Å². The molecule has 1 aromatic rings. The van der Waals surface area contributed by atoms with E-state index in [1.54, 1.807) is 0 Å². The number of aromatic nitrogens is 1. The van der Waals surface area contributed by atoms with Gasteiger partial charge in [-0.3, -0.25) is 19.2 Å². The van der Waals surface area contributed by atoms with Crippen molar-refractivity contribution in [1.82, 2.24) is 20.1 Å². The van der Waals surface area contributed by atoms with Crippen molar-refractivity contribution < 1.29 is 37.2 Å². The van der Waals surface area contributed by atoms with Crippen LogP contribution in [0, 0.1) is 13.8 Å². The van der Waals surface area contributed by atoms with Crippen LogP contribution in [-0.4, -0.2) is 71.9 Å². The van der Waals surface area contributed by atoms with E-state index in [0.29, 0.717) is 0 Å². The molecule has 5 N–H and O–H groups in total. The molecule has 1 fully saturated rings. The van der Waals surface area contributed by atoms with E-state index in [1.807, 2.05) is 0 Å². The number of nitrogens with zero attached hydrogens (tertiary/aromatic N) is 2. The number of piperidine rings is 1. The van der Waals surface area contributed by atoms with Crippen LogP contribution >= 0.6 is 0 Å². The standard InChI is InChI=1S/C18H27N5O8S/c1-9-16(11(3)31-21-9)32(29,30)22-12-6-7-23(14(24)4-5-15(25)26)13(8-12)18(28)20-10(2)17(19)27/h10,12-13,22H,4-8H2,1-3H3,(H2,19,27)(H,20,28)(H,25,26). The number of hydrogen-bond donors (Lipinski definition) is 4. The summed E-state index contributed by atoms with van der Waals surface area (Å²) in [5, 5.41) is 14.9. The van der Waals surface area contributed by atoms with E-state index in [-0.39, 0.29) is 42.2 Å². The number of carbonyl (C=O) groups excluding carboxylic acids is 3. The van der Waals surface area contributed by atoms with Gasteiger partial charge in [-0.05, 0) is 33.6 Å². The van der Waals surface area contributed by atoms with Crippen molar-refractivity contribution in [3.63, 3.8) is 0 Å². The lowest BCUT2D eigenvalue weighted by Gasteiger charge is -2.39. The number of amides is 3. The average Bonchev–Trinajstić information content (AvgIpc) is 3.04. The molecular formula is C18H27N5O8S. The molecule has 0 bridgehead atoms. The van der Waals surface area contributed by atoms with Gasteiger partial charge >= 0.3 is 5.97 Å². The quantitative estimate of drug-likeness (QED) is 0.339. The zero-order valence-corrected chi connectivity index (χ0v) is 18.8. The Balaban J connectivity index is 2.22. The summed E-state index contributed by atoms with van der Waals surface area (Å²) in [7, 11) is -4.02. The SMILES string of the molecule is Cc1noc(C)c1S(=O)(=O)NC1CCN(C(=O)CCC(=O)O)C(C(=O)NC(C)C(N)=O)C1. The van der Waals surface area contributed by atoms with Crippen molar-refractivity contribution in [2.75, 3.05) is 6.54 Å². The molecule has 1 saturated heterocycles. The van der Waals surface area contributed by atoms with Gasteiger partial charge in [-0.25, -0.2) is 13.1 Å². The lowest BCUT2D eigenvalue weighted by molar-refractivity contribution is -0.146. The summed E-state index contributed by atoms with van der Waals surface area (Å²) in [5.41, 5.74) is 5.36. The molecule has 178 valence electrons. The smallest absolute Gasteiger partial charge is 0.303 e. The van der Waals surface area contributed by atoms with Crippen molar-refractivity contribution in [2.24, 2.45) is 5.73 Å². The maximum absolute atomic E-state index is 12.8. The van der Waals surface area contributed by atoms with Crippen LogP contribution in [0.2, 0.25) is 0 Å². The van der Waals surface area contributed by atoms with E-state index in [9.17, 15) is 27.6 Å². The molecule has 0 aromatic carbocycles. The van der Waals surface area contributed by atoms with Crippen LogP contribution in [0.25, 0.3) is 0 Å². The second-order valence-electron chi connectivity index (χ2n) is 7.63. The Kier molecular flexibility index (Phi) is 7.96. The van der Waals surface area contributed by atoms with Crippen LogP contribution in [0.3, 0.4) is 0 Å². The van der Waals surface area contributed by atoms with Gasteiger partial charge in [-0.2, -0.15) is 0 Å². The number of aliphatic carboxylic acids is 1. The van der Waals surface area contributed by atoms with Gasteiger partial charge in [0.1, 0.15) is 22.7 Å². The molecule has 0 radical (unpaired) electrons. The third-order valence-electron chi connectivity index (χ3n) is 5.12. The van der Waals surface area contributed by atoms with E-state index in [1.165, 1.54) is 25.7 Å². The summed E-state index contributed by atoms with van der Waals surface area (Å²) in [6, 6.07) is -2.85. The van der Waals surface area contributed by atoms with Crippen LogP contribution in [0.1, 0.15) is 44.1 Å². The molecule has 13 nitrogen and oxygen atoms in total. The minimum Gasteiger partial charge on any atom is -0.481 e. The number of aryl methyl sites for hydroxylation is 2. The third-order valence-corrected chi connectivity index (χ3v) is 6.89. The molecule has 3 unspecified atom stereocenters. The summed E-state index contributed by atoms with van der Waals surface area (Å²) >= 11 is 0. The maximum Gasteiger partial charge on any atom is 0.303 e. The highest BCUT2D eigenvalue weighted by Gasteiger charge is 2.39. The Bertz CT molecular complexity index is 986. The van der Waals surface area contributed by atoms with E-state index in [4.69, 9.17) is 15.4 Å². The summed E-state index contributed by atoms with van der Waals surface area (Å²) in [6.45, 7) is 4.32. The van der Waals surface area contributed by atoms with Gasteiger partial charge in [0, 0.05) is 19.0 Å². The molecule has 1 aliphatic rings. The number of likely N-dealkylation sites (tertiary alicyclic amines) is 1. The first-order valence-corrected chi connectivity index (χ1v) is 11.4. The number of rotatable bonds is 9. The van der Waals surface area contributed by atoms with Gasteiger partial charge in [0.15, 0.2) is 5.76 Å². The molecule has 3 amide bonds. The number of carboxylic acid groups (broad SMARTS) is 1. The first-order valence-electron chi connectivity index (χ1n) is 9.89. The predicted molar refractivity (Wildman–Crippen MR) is 108 cm³/mol. The summed E-state index contributed by atoms with van der Waals surface area (Å²) in [4.78, 5) is 48.5. The molecule has 0 aliphatic carbocycles. The van der Waals surface area contributed by atoms with E-state index < -0.39 is 58.3 Å². The Hall–Kier alpha value is -3.00. The second-order valence-corrected chi connectivity index (χ2v) is 9.28. The Morgan fingerprint density at radius 1 is 1.28 bits per heavy atom. The highest BCUT2D eigenvalue weighted by atomic mass is 32.2. The first kappa shape index (κ1) is 25.3. The van der Waals surface area contributed by atoms with Gasteiger partial charge in [0.2, 0.25) is 27.7 Å². The lowest BCUT2D eigenvalue weighted by Crippen LogP contribution is -2.59. The highest BCUT2D eigenvalue weighted by molar-refractivity contribution is 7.89. The minimum atomic E-state index is -4.02. The van der Waals surface area contributed by atoms with E-state index in [2.05, 4.69) is 15.2 Å². The Labute approximate surface area is 184 Å². The fourth-order valence-electron chi connectivity index (χ4n) is 3.49. The summed E-state index contributed by atoms with van der Waals surface area (Å²) < 4.78 is 33.1. The maximum atomic E-state index is 12.8. The third kappa shape index (κ3) is 6.03. The molecule has 14 heteroatoms. The van der Waals surface area contributed by atoms with Crippen LogP contribution in [0.4, 0.5) is 0 Å². The molecule has 0 spiro atoms. The molecule has 2 heterocycles. The molecular weight excluding hydrogens is 446 g/mol. The number of carbonyl (C=O) groups is 4. The van der Waals surface area contributed by atoms with Crippen LogP contribution in [-0.2, 0) is 29.2 Å². The molecule has 1 aliphatic heterocycles. The van der Waals surface area contributed by atoms with Gasteiger partial charge < -0.3 is 25.6 Å². The van der Waals surface area contributed by atoms with Gasteiger partial charge in [0.25, 0.3) is 0 Å². The summed E-state index contributed by atoms with van der Waals surface area (Å²) in [6.07, 6.45) is -0.626. The number of hydrogen-bond acceptors (Lipinski definition) is 8. The number of sulfonamides is 1. The minimum absolute atomic E-state index is 0.0102. The number of nitrogens with one attached hydrogen (secondary N) is 2. The van der Waals surface area contributed by atoms with Crippen molar-refractivity contribution in [1.29, 1.82) is 0 Å². The van der Waals surface area contributed by atoms with Crippen LogP contribution in [0.15, 0.2) is 9.42 Å². The monoisotopic (exact) mass is 473 g/mol. The molecule has 1 aromatic heterocycles. The van der Waals surface area contributed by atoms with Crippen molar-refractivity contribution in [3.8, 4) is 0 Å². The fourth-order valence-corrected chi connectivity index (χ4v) is 5.11. The molecule has 32 heavy (non-hydrogen) atoms. The first-order chi connectivity index (χ1) is 14.8. The van der Waals surface area contributed by atoms with Crippen molar-refractivity contribution >= 4 is 33.7 Å². The zero-order valence-electron chi connectivity index (χ0n) is 18.0. The molecule has 2 rings (SSSR count). The molecule has 3 atom stereocenters. The predicted octanol–water partition coefficient (Wildman–Crippen LogP) is -1.22. The fraction of sp³-hybridized carbons (Fsp3) is 0.611. The summed E-state index contributed by atoms with van der Waals surface area (Å²) in [5.74, 6) is -3.09. The molecule has 0 saturated carbocycles. The van der Waals surface area contributed by atoms with Crippen molar-refractivity contribution in [2.45, 2.75) is 69.5 Å². The lowest BCUT2D eigenvalue weighted by atomic mass is 9.96. The Morgan fingerprint density at radius 3 is 2.47 bits per heavy atom. The average molecular weight is 474 g/mol. The van der Waals surface area contributed by atoms with E-state index in [0.717, 1.165) is 0 Å². The topological polar surface area (TPSA) is 202 Å². The van der Waals surface area contributed by atoms with Gasteiger partial charge in [-0.1, -0.05) is 5.16 Å².